The smallest absolute Gasteiger partial charge is 0.240 e. The largest absolute Gasteiger partial charge is 0.326 e. The molecule has 1 aromatic carbocycles. The molecule has 0 bridgehead atoms. The Balaban J connectivity index is 1.53. The van der Waals surface area contributed by atoms with Crippen molar-refractivity contribution in [2.75, 3.05) is 30.3 Å². The molecule has 1 aliphatic heterocycles. The van der Waals surface area contributed by atoms with Crippen LogP contribution >= 0.6 is 11.3 Å². The van der Waals surface area contributed by atoms with Gasteiger partial charge in [-0.3, -0.25) is 14.5 Å². The van der Waals surface area contributed by atoms with Crippen LogP contribution in [0.2, 0.25) is 0 Å². The van der Waals surface area contributed by atoms with Crippen LogP contribution in [0.4, 0.5) is 10.8 Å². The van der Waals surface area contributed by atoms with E-state index in [4.69, 9.17) is 0 Å². The highest BCUT2D eigenvalue weighted by Crippen LogP contribution is 2.22. The van der Waals surface area contributed by atoms with Gasteiger partial charge in [0.1, 0.15) is 0 Å². The highest BCUT2D eigenvalue weighted by molar-refractivity contribution is 7.15. The zero-order chi connectivity index (χ0) is 20.3. The number of nitrogens with zero attached hydrogens (tertiary/aromatic N) is 2. The van der Waals surface area contributed by atoms with Crippen molar-refractivity contribution >= 4 is 34.0 Å². The average molecular weight is 401 g/mol. The van der Waals surface area contributed by atoms with E-state index in [2.05, 4.69) is 27.4 Å². The zero-order valence-electron chi connectivity index (χ0n) is 17.0. The summed E-state index contributed by atoms with van der Waals surface area (Å²) in [7, 11) is 0. The van der Waals surface area contributed by atoms with Crippen molar-refractivity contribution < 1.29 is 9.59 Å². The number of carbonyl (C=O) groups excluding carboxylic acids is 2. The van der Waals surface area contributed by atoms with E-state index in [-0.39, 0.29) is 24.3 Å². The summed E-state index contributed by atoms with van der Waals surface area (Å²) in [5.41, 5.74) is 4.14. The first-order chi connectivity index (χ1) is 13.3. The highest BCUT2D eigenvalue weighted by Gasteiger charge is 2.27. The fourth-order valence-corrected chi connectivity index (χ4v) is 4.20. The minimum atomic E-state index is -0.104. The lowest BCUT2D eigenvalue weighted by atomic mass is 9.97. The number of rotatable bonds is 5. The molecular formula is C21H28N4O2S. The Bertz CT molecular complexity index is 858. The molecule has 1 atom stereocenters. The third-order valence-electron chi connectivity index (χ3n) is 5.29. The number of aromatic nitrogens is 1. The highest BCUT2D eigenvalue weighted by atomic mass is 32.1. The summed E-state index contributed by atoms with van der Waals surface area (Å²) in [5.74, 6) is -0.156. The number of likely N-dealkylation sites (tertiary alicyclic amines) is 1. The number of piperidine rings is 1. The molecule has 0 spiro atoms. The average Bonchev–Trinajstić information content (AvgIpc) is 2.95. The lowest BCUT2D eigenvalue weighted by Crippen LogP contribution is -2.44. The van der Waals surface area contributed by atoms with Gasteiger partial charge in [-0.25, -0.2) is 4.98 Å². The molecular weight excluding hydrogens is 372 g/mol. The third-order valence-corrected chi connectivity index (χ3v) is 6.28. The maximum Gasteiger partial charge on any atom is 0.240 e. The second-order valence-electron chi connectivity index (χ2n) is 7.57. The molecule has 1 saturated heterocycles. The Morgan fingerprint density at radius 1 is 1.18 bits per heavy atom. The van der Waals surface area contributed by atoms with Crippen molar-refractivity contribution in [3.63, 3.8) is 0 Å². The van der Waals surface area contributed by atoms with Gasteiger partial charge in [-0.1, -0.05) is 6.07 Å². The first-order valence-corrected chi connectivity index (χ1v) is 10.5. The number of anilines is 2. The molecule has 1 aromatic heterocycles. The van der Waals surface area contributed by atoms with Gasteiger partial charge in [0.15, 0.2) is 5.13 Å². The van der Waals surface area contributed by atoms with Gasteiger partial charge in [-0.15, -0.1) is 11.3 Å². The molecule has 6 nitrogen and oxygen atoms in total. The predicted octanol–water partition coefficient (Wildman–Crippen LogP) is 3.67. The van der Waals surface area contributed by atoms with Gasteiger partial charge >= 0.3 is 0 Å². The molecule has 1 aliphatic rings. The Morgan fingerprint density at radius 3 is 2.64 bits per heavy atom. The third kappa shape index (κ3) is 5.17. The van der Waals surface area contributed by atoms with E-state index in [0.717, 1.165) is 41.2 Å². The van der Waals surface area contributed by atoms with E-state index in [1.807, 2.05) is 39.0 Å². The number of hydrogen-bond donors (Lipinski definition) is 2. The van der Waals surface area contributed by atoms with E-state index in [1.54, 1.807) is 0 Å². The Hall–Kier alpha value is -2.25. The van der Waals surface area contributed by atoms with E-state index < -0.39 is 0 Å². The number of aryl methyl sites for hydroxylation is 4. The molecule has 2 aromatic rings. The number of carbonyl (C=O) groups is 2. The molecule has 28 heavy (non-hydrogen) atoms. The van der Waals surface area contributed by atoms with Crippen molar-refractivity contribution in [1.82, 2.24) is 9.88 Å². The molecule has 0 aliphatic carbocycles. The minimum Gasteiger partial charge on any atom is -0.326 e. The van der Waals surface area contributed by atoms with Crippen LogP contribution in [0.3, 0.4) is 0 Å². The topological polar surface area (TPSA) is 74.3 Å². The summed E-state index contributed by atoms with van der Waals surface area (Å²) in [6.07, 6.45) is 1.76. The number of benzene rings is 1. The summed E-state index contributed by atoms with van der Waals surface area (Å²) in [6, 6.07) is 5.95. The predicted molar refractivity (Wildman–Crippen MR) is 114 cm³/mol. The molecule has 7 heteroatoms. The van der Waals surface area contributed by atoms with Crippen LogP contribution < -0.4 is 10.6 Å². The van der Waals surface area contributed by atoms with Crippen LogP contribution in [0.15, 0.2) is 18.2 Å². The van der Waals surface area contributed by atoms with Gasteiger partial charge in [0.05, 0.1) is 18.2 Å². The zero-order valence-corrected chi connectivity index (χ0v) is 17.8. The minimum absolute atomic E-state index is 0.0273. The van der Waals surface area contributed by atoms with Gasteiger partial charge in [-0.2, -0.15) is 0 Å². The Morgan fingerprint density at radius 2 is 1.96 bits per heavy atom. The molecule has 2 amide bonds. The van der Waals surface area contributed by atoms with Crippen molar-refractivity contribution in [1.29, 1.82) is 0 Å². The first-order valence-electron chi connectivity index (χ1n) is 9.66. The van der Waals surface area contributed by atoms with Gasteiger partial charge in [0.2, 0.25) is 11.8 Å². The maximum absolute atomic E-state index is 12.7. The van der Waals surface area contributed by atoms with Crippen molar-refractivity contribution in [3.05, 3.63) is 39.9 Å². The summed E-state index contributed by atoms with van der Waals surface area (Å²) in [5, 5.41) is 6.54. The lowest BCUT2D eigenvalue weighted by molar-refractivity contribution is -0.123. The van der Waals surface area contributed by atoms with Crippen LogP contribution in [0, 0.1) is 33.6 Å². The standard InChI is InChI=1S/C21H28N4O2S/c1-13-7-8-18(10-14(13)2)23-20(27)17-6-5-9-25(11-17)12-19(26)24-21-22-15(3)16(4)28-21/h7-8,10,17H,5-6,9,11-12H2,1-4H3,(H,23,27)(H,22,24,26). The van der Waals surface area contributed by atoms with E-state index in [1.165, 1.54) is 16.9 Å². The number of hydrogen-bond acceptors (Lipinski definition) is 5. The fourth-order valence-electron chi connectivity index (χ4n) is 3.36. The van der Waals surface area contributed by atoms with Crippen molar-refractivity contribution in [2.45, 2.75) is 40.5 Å². The van der Waals surface area contributed by atoms with Crippen molar-refractivity contribution in [3.8, 4) is 0 Å². The molecule has 2 N–H and O–H groups in total. The molecule has 1 fully saturated rings. The van der Waals surface area contributed by atoms with Crippen LogP contribution in [0.5, 0.6) is 0 Å². The van der Waals surface area contributed by atoms with E-state index in [9.17, 15) is 9.59 Å². The Kier molecular flexibility index (Phi) is 6.46. The molecule has 3 rings (SSSR count). The molecule has 2 heterocycles. The van der Waals surface area contributed by atoms with Crippen LogP contribution in [-0.2, 0) is 9.59 Å². The normalized spacial score (nSPS) is 17.4. The first kappa shape index (κ1) is 20.5. The maximum atomic E-state index is 12.7. The summed E-state index contributed by atoms with van der Waals surface area (Å²) < 4.78 is 0. The van der Waals surface area contributed by atoms with Crippen LogP contribution in [-0.4, -0.2) is 41.3 Å². The molecule has 1 unspecified atom stereocenters. The molecule has 0 radical (unpaired) electrons. The quantitative estimate of drug-likeness (QED) is 0.803. The Labute approximate surface area is 170 Å². The van der Waals surface area contributed by atoms with Gasteiger partial charge in [0.25, 0.3) is 0 Å². The number of nitrogens with one attached hydrogen (secondary N) is 2. The molecule has 0 saturated carbocycles. The van der Waals surface area contributed by atoms with Crippen LogP contribution in [0.25, 0.3) is 0 Å². The summed E-state index contributed by atoms with van der Waals surface area (Å²) >= 11 is 1.49. The van der Waals surface area contributed by atoms with E-state index in [0.29, 0.717) is 11.7 Å². The van der Waals surface area contributed by atoms with Gasteiger partial charge in [-0.05, 0) is 70.3 Å². The second kappa shape index (κ2) is 8.84. The summed E-state index contributed by atoms with van der Waals surface area (Å²) in [6.45, 7) is 9.73. The SMILES string of the molecule is Cc1ccc(NC(=O)C2CCCN(CC(=O)Nc3nc(C)c(C)s3)C2)cc1C. The van der Waals surface area contributed by atoms with Gasteiger partial charge < -0.3 is 10.6 Å². The van der Waals surface area contributed by atoms with E-state index >= 15 is 0 Å². The van der Waals surface area contributed by atoms with Crippen molar-refractivity contribution in [2.24, 2.45) is 5.92 Å². The van der Waals surface area contributed by atoms with Gasteiger partial charge in [0, 0.05) is 17.1 Å². The molecule has 150 valence electrons. The number of thiazole rings is 1. The number of amides is 2. The monoisotopic (exact) mass is 400 g/mol. The second-order valence-corrected chi connectivity index (χ2v) is 8.77. The lowest BCUT2D eigenvalue weighted by Gasteiger charge is -2.31. The van der Waals surface area contributed by atoms with Crippen LogP contribution in [0.1, 0.15) is 34.5 Å². The summed E-state index contributed by atoms with van der Waals surface area (Å²) in [4.78, 5) is 32.5. The fraction of sp³-hybridized carbons (Fsp3) is 0.476.